The molecule has 4 aromatic rings. The summed E-state index contributed by atoms with van der Waals surface area (Å²) in [5.41, 5.74) is 1.82. The molecule has 0 bridgehead atoms. The van der Waals surface area contributed by atoms with Crippen molar-refractivity contribution in [1.82, 2.24) is 19.7 Å². The van der Waals surface area contributed by atoms with Crippen molar-refractivity contribution in [2.45, 2.75) is 12.1 Å². The fourth-order valence-electron chi connectivity index (χ4n) is 2.96. The van der Waals surface area contributed by atoms with Gasteiger partial charge < -0.3 is 15.0 Å². The zero-order chi connectivity index (χ0) is 22.5. The minimum atomic E-state index is -0.416. The van der Waals surface area contributed by atoms with Gasteiger partial charge in [0.25, 0.3) is 5.56 Å². The van der Waals surface area contributed by atoms with E-state index in [0.717, 1.165) is 17.4 Å². The van der Waals surface area contributed by atoms with E-state index in [2.05, 4.69) is 20.4 Å². The molecule has 2 aromatic carbocycles. The average molecular weight is 449 g/mol. The lowest BCUT2D eigenvalue weighted by atomic mass is 10.2. The minimum Gasteiger partial charge on any atom is -0.462 e. The van der Waals surface area contributed by atoms with Gasteiger partial charge in [-0.25, -0.2) is 14.5 Å². The number of nitrogens with zero attached hydrogens (tertiary/aromatic N) is 3. The number of amides is 1. The van der Waals surface area contributed by atoms with Gasteiger partial charge in [0.05, 0.1) is 29.8 Å². The number of benzene rings is 2. The lowest BCUT2D eigenvalue weighted by Gasteiger charge is -2.07. The number of aromatic nitrogens is 4. The summed E-state index contributed by atoms with van der Waals surface area (Å²) < 4.78 is 6.52. The van der Waals surface area contributed by atoms with E-state index < -0.39 is 5.97 Å². The van der Waals surface area contributed by atoms with Gasteiger partial charge in [-0.05, 0) is 43.3 Å². The predicted octanol–water partition coefficient (Wildman–Crippen LogP) is 3.02. The summed E-state index contributed by atoms with van der Waals surface area (Å²) in [4.78, 5) is 43.6. The number of hydrogen-bond acceptors (Lipinski definition) is 7. The molecular formula is C22H19N5O4S. The highest BCUT2D eigenvalue weighted by Gasteiger charge is 2.13. The van der Waals surface area contributed by atoms with Crippen LogP contribution in [0.1, 0.15) is 17.3 Å². The van der Waals surface area contributed by atoms with Crippen LogP contribution in [0.15, 0.2) is 70.7 Å². The quantitative estimate of drug-likeness (QED) is 0.253. The van der Waals surface area contributed by atoms with Crippen molar-refractivity contribution in [3.8, 4) is 5.69 Å². The van der Waals surface area contributed by atoms with Crippen molar-refractivity contribution in [3.05, 3.63) is 76.7 Å². The lowest BCUT2D eigenvalue weighted by molar-refractivity contribution is -0.113. The van der Waals surface area contributed by atoms with E-state index in [4.69, 9.17) is 4.74 Å². The standard InChI is InChI=1S/C22H19N5O4S/c1-2-31-21(30)14-8-10-15(11-9-14)24-18(28)13-32-22-25-19-17(20(29)26-22)12-23-27(19)16-6-4-3-5-7-16/h3-12H,2,13H2,1H3,(H,24,28)(H,25,26,29). The Morgan fingerprint density at radius 1 is 1.12 bits per heavy atom. The van der Waals surface area contributed by atoms with Crippen LogP contribution >= 0.6 is 11.8 Å². The van der Waals surface area contributed by atoms with E-state index >= 15 is 0 Å². The molecule has 0 aliphatic rings. The maximum Gasteiger partial charge on any atom is 0.338 e. The zero-order valence-corrected chi connectivity index (χ0v) is 17.9. The van der Waals surface area contributed by atoms with Gasteiger partial charge in [0.1, 0.15) is 5.39 Å². The van der Waals surface area contributed by atoms with Crippen LogP contribution in [0.3, 0.4) is 0 Å². The summed E-state index contributed by atoms with van der Waals surface area (Å²) in [5.74, 6) is -0.660. The van der Waals surface area contributed by atoms with Crippen LogP contribution in [-0.4, -0.2) is 44.0 Å². The highest BCUT2D eigenvalue weighted by Crippen LogP contribution is 2.18. The minimum absolute atomic E-state index is 0.0353. The topological polar surface area (TPSA) is 119 Å². The van der Waals surface area contributed by atoms with E-state index in [1.165, 1.54) is 6.20 Å². The monoisotopic (exact) mass is 449 g/mol. The van der Waals surface area contributed by atoms with Crippen LogP contribution in [0, 0.1) is 0 Å². The molecule has 0 saturated carbocycles. The highest BCUT2D eigenvalue weighted by molar-refractivity contribution is 7.99. The molecule has 2 aromatic heterocycles. The molecule has 32 heavy (non-hydrogen) atoms. The van der Waals surface area contributed by atoms with E-state index in [1.807, 2.05) is 30.3 Å². The predicted molar refractivity (Wildman–Crippen MR) is 121 cm³/mol. The number of ether oxygens (including phenoxy) is 1. The zero-order valence-electron chi connectivity index (χ0n) is 17.1. The summed E-state index contributed by atoms with van der Waals surface area (Å²) in [7, 11) is 0. The van der Waals surface area contributed by atoms with Gasteiger partial charge in [-0.1, -0.05) is 30.0 Å². The largest absolute Gasteiger partial charge is 0.462 e. The summed E-state index contributed by atoms with van der Waals surface area (Å²) in [6.45, 7) is 2.03. The first-order chi connectivity index (χ1) is 15.5. The van der Waals surface area contributed by atoms with E-state index in [-0.39, 0.29) is 17.2 Å². The van der Waals surface area contributed by atoms with Crippen LogP contribution in [0.25, 0.3) is 16.7 Å². The van der Waals surface area contributed by atoms with Gasteiger partial charge in [0.2, 0.25) is 5.91 Å². The van der Waals surface area contributed by atoms with Crippen LogP contribution in [-0.2, 0) is 9.53 Å². The van der Waals surface area contributed by atoms with Gasteiger partial charge >= 0.3 is 5.97 Å². The van der Waals surface area contributed by atoms with E-state index in [1.54, 1.807) is 35.9 Å². The molecule has 0 aliphatic carbocycles. The van der Waals surface area contributed by atoms with Crippen molar-refractivity contribution in [1.29, 1.82) is 0 Å². The Balaban J connectivity index is 1.44. The molecule has 9 nitrogen and oxygen atoms in total. The molecule has 4 rings (SSSR count). The summed E-state index contributed by atoms with van der Waals surface area (Å²) in [6.07, 6.45) is 1.47. The summed E-state index contributed by atoms with van der Waals surface area (Å²) >= 11 is 1.10. The Kier molecular flexibility index (Phi) is 6.31. The smallest absolute Gasteiger partial charge is 0.338 e. The number of para-hydroxylation sites is 1. The Morgan fingerprint density at radius 3 is 2.59 bits per heavy atom. The first kappa shape index (κ1) is 21.3. The van der Waals surface area contributed by atoms with E-state index in [9.17, 15) is 14.4 Å². The third-order valence-electron chi connectivity index (χ3n) is 4.44. The Morgan fingerprint density at radius 2 is 1.88 bits per heavy atom. The van der Waals surface area contributed by atoms with E-state index in [0.29, 0.717) is 34.0 Å². The normalized spacial score (nSPS) is 10.8. The molecule has 0 saturated heterocycles. The molecule has 0 radical (unpaired) electrons. The second-order valence-corrected chi connectivity index (χ2v) is 7.60. The molecule has 10 heteroatoms. The molecule has 0 fully saturated rings. The van der Waals surface area contributed by atoms with Crippen LogP contribution < -0.4 is 10.9 Å². The number of carbonyl (C=O) groups is 2. The van der Waals surface area contributed by atoms with Crippen LogP contribution in [0.4, 0.5) is 5.69 Å². The number of carbonyl (C=O) groups excluding carboxylic acids is 2. The molecule has 1 amide bonds. The second kappa shape index (κ2) is 9.48. The van der Waals surface area contributed by atoms with Crippen LogP contribution in [0.5, 0.6) is 0 Å². The Labute approximate surface area is 186 Å². The fourth-order valence-corrected chi connectivity index (χ4v) is 3.62. The summed E-state index contributed by atoms with van der Waals surface area (Å²) in [5, 5.41) is 7.69. The number of fused-ring (bicyclic) bond motifs is 1. The first-order valence-corrected chi connectivity index (χ1v) is 10.8. The summed E-state index contributed by atoms with van der Waals surface area (Å²) in [6, 6.07) is 15.8. The first-order valence-electron chi connectivity index (χ1n) is 9.78. The average Bonchev–Trinajstić information content (AvgIpc) is 3.23. The van der Waals surface area contributed by atoms with Gasteiger partial charge in [0.15, 0.2) is 10.8 Å². The molecule has 162 valence electrons. The Bertz CT molecular complexity index is 1320. The van der Waals surface area contributed by atoms with Gasteiger partial charge in [-0.2, -0.15) is 5.10 Å². The molecule has 0 unspecified atom stereocenters. The third kappa shape index (κ3) is 4.70. The van der Waals surface area contributed by atoms with Gasteiger partial charge in [0, 0.05) is 5.69 Å². The highest BCUT2D eigenvalue weighted by atomic mass is 32.2. The van der Waals surface area contributed by atoms with Crippen LogP contribution in [0.2, 0.25) is 0 Å². The SMILES string of the molecule is CCOC(=O)c1ccc(NC(=O)CSc2nc3c(cnn3-c3ccccc3)c(=O)[nH]2)cc1. The third-order valence-corrected chi connectivity index (χ3v) is 5.31. The molecular weight excluding hydrogens is 430 g/mol. The van der Waals surface area contributed by atoms with Crippen molar-refractivity contribution in [3.63, 3.8) is 0 Å². The van der Waals surface area contributed by atoms with Crippen molar-refractivity contribution in [2.75, 3.05) is 17.7 Å². The van der Waals surface area contributed by atoms with Crippen molar-refractivity contribution >= 4 is 40.4 Å². The molecule has 2 heterocycles. The Hall–Kier alpha value is -3.92. The lowest BCUT2D eigenvalue weighted by Crippen LogP contribution is -2.16. The van der Waals surface area contributed by atoms with Crippen molar-refractivity contribution in [2.24, 2.45) is 0 Å². The number of anilines is 1. The maximum atomic E-state index is 12.4. The molecule has 0 aliphatic heterocycles. The van der Waals surface area contributed by atoms with Gasteiger partial charge in [-0.3, -0.25) is 9.59 Å². The van der Waals surface area contributed by atoms with Crippen molar-refractivity contribution < 1.29 is 14.3 Å². The number of nitrogens with one attached hydrogen (secondary N) is 2. The molecule has 2 N–H and O–H groups in total. The number of rotatable bonds is 7. The second-order valence-electron chi connectivity index (χ2n) is 6.63. The number of hydrogen-bond donors (Lipinski definition) is 2. The molecule has 0 atom stereocenters. The number of aromatic amines is 1. The maximum absolute atomic E-state index is 12.4. The number of esters is 1. The fraction of sp³-hybridized carbons (Fsp3) is 0.136. The van der Waals surface area contributed by atoms with Gasteiger partial charge in [-0.15, -0.1) is 0 Å². The number of thioether (sulfide) groups is 1. The number of H-pyrrole nitrogens is 1. The molecule has 0 spiro atoms.